The number of ether oxygens (including phenoxy) is 1. The van der Waals surface area contributed by atoms with Crippen LogP contribution < -0.4 is 5.73 Å². The fourth-order valence-electron chi connectivity index (χ4n) is 2.52. The summed E-state index contributed by atoms with van der Waals surface area (Å²) in [5, 5.41) is 0. The number of benzene rings is 1. The maximum absolute atomic E-state index is 12.4. The molecular formula is C15H20N2O3. The minimum absolute atomic E-state index is 0.0372. The Balaban J connectivity index is 2.05. The highest BCUT2D eigenvalue weighted by molar-refractivity contribution is 5.86. The molecule has 1 heterocycles. The molecule has 108 valence electrons. The van der Waals surface area contributed by atoms with Crippen molar-refractivity contribution in [2.45, 2.75) is 31.7 Å². The van der Waals surface area contributed by atoms with Crippen molar-refractivity contribution in [1.82, 2.24) is 4.90 Å². The third-order valence-corrected chi connectivity index (χ3v) is 3.63. The number of nitrogen functional groups attached to an aromatic ring is 1. The van der Waals surface area contributed by atoms with E-state index >= 15 is 0 Å². The van der Waals surface area contributed by atoms with Crippen LogP contribution in [-0.2, 0) is 20.7 Å². The zero-order chi connectivity index (χ0) is 14.5. The van der Waals surface area contributed by atoms with E-state index in [0.29, 0.717) is 18.7 Å². The van der Waals surface area contributed by atoms with Gasteiger partial charge in [0.1, 0.15) is 6.04 Å². The summed E-state index contributed by atoms with van der Waals surface area (Å²) in [6.07, 6.45) is 2.85. The van der Waals surface area contributed by atoms with E-state index in [1.165, 1.54) is 7.11 Å². The second-order valence-corrected chi connectivity index (χ2v) is 5.04. The fraction of sp³-hybridized carbons (Fsp3) is 0.467. The highest BCUT2D eigenvalue weighted by Gasteiger charge is 2.32. The van der Waals surface area contributed by atoms with Crippen LogP contribution in [0, 0.1) is 0 Å². The van der Waals surface area contributed by atoms with Gasteiger partial charge in [0, 0.05) is 12.2 Å². The van der Waals surface area contributed by atoms with Crippen molar-refractivity contribution in [1.29, 1.82) is 0 Å². The summed E-state index contributed by atoms with van der Waals surface area (Å²) in [6.45, 7) is 0.619. The molecule has 5 nitrogen and oxygen atoms in total. The predicted molar refractivity (Wildman–Crippen MR) is 75.9 cm³/mol. The van der Waals surface area contributed by atoms with Crippen LogP contribution in [0.25, 0.3) is 0 Å². The zero-order valence-corrected chi connectivity index (χ0v) is 11.7. The van der Waals surface area contributed by atoms with Crippen LogP contribution in [-0.4, -0.2) is 36.5 Å². The van der Waals surface area contributed by atoms with Gasteiger partial charge >= 0.3 is 5.97 Å². The molecule has 1 amide bonds. The Morgan fingerprint density at radius 1 is 1.30 bits per heavy atom. The molecule has 1 saturated heterocycles. The Labute approximate surface area is 118 Å². The number of piperidine rings is 1. The normalized spacial score (nSPS) is 18.6. The molecule has 2 rings (SSSR count). The van der Waals surface area contributed by atoms with Gasteiger partial charge < -0.3 is 15.4 Å². The lowest BCUT2D eigenvalue weighted by atomic mass is 10.0. The number of carbonyl (C=O) groups excluding carboxylic acids is 2. The largest absolute Gasteiger partial charge is 0.467 e. The van der Waals surface area contributed by atoms with E-state index in [9.17, 15) is 9.59 Å². The molecule has 1 aromatic rings. The number of amides is 1. The van der Waals surface area contributed by atoms with Gasteiger partial charge in [-0.15, -0.1) is 0 Å². The molecule has 0 aromatic heterocycles. The first-order valence-corrected chi connectivity index (χ1v) is 6.83. The summed E-state index contributed by atoms with van der Waals surface area (Å²) >= 11 is 0. The molecule has 20 heavy (non-hydrogen) atoms. The Bertz CT molecular complexity index is 484. The summed E-state index contributed by atoms with van der Waals surface area (Å²) in [5.41, 5.74) is 7.20. The first kappa shape index (κ1) is 14.4. The van der Waals surface area contributed by atoms with Gasteiger partial charge in [-0.1, -0.05) is 12.1 Å². The van der Waals surface area contributed by atoms with Crippen LogP contribution in [0.4, 0.5) is 5.69 Å². The molecule has 0 saturated carbocycles. The highest BCUT2D eigenvalue weighted by atomic mass is 16.5. The molecule has 1 aliphatic rings. The SMILES string of the molecule is COC(=O)C1CCCCN1C(=O)Cc1ccc(N)cc1. The standard InChI is InChI=1S/C15H20N2O3/c1-20-15(19)13-4-2-3-9-17(13)14(18)10-11-5-7-12(16)8-6-11/h5-8,13H,2-4,9-10,16H2,1H3. The highest BCUT2D eigenvalue weighted by Crippen LogP contribution is 2.19. The Morgan fingerprint density at radius 3 is 2.65 bits per heavy atom. The predicted octanol–water partition coefficient (Wildman–Crippen LogP) is 1.37. The minimum Gasteiger partial charge on any atom is -0.467 e. The number of nitrogens with zero attached hydrogens (tertiary/aromatic N) is 1. The number of esters is 1. The van der Waals surface area contributed by atoms with Gasteiger partial charge in [-0.2, -0.15) is 0 Å². The number of likely N-dealkylation sites (tertiary alicyclic amines) is 1. The van der Waals surface area contributed by atoms with Gasteiger partial charge in [-0.3, -0.25) is 4.79 Å². The quantitative estimate of drug-likeness (QED) is 0.668. The molecule has 5 heteroatoms. The average Bonchev–Trinajstić information content (AvgIpc) is 2.48. The Kier molecular flexibility index (Phi) is 4.61. The van der Waals surface area contributed by atoms with E-state index in [1.54, 1.807) is 17.0 Å². The molecule has 0 spiro atoms. The third-order valence-electron chi connectivity index (χ3n) is 3.63. The molecule has 0 radical (unpaired) electrons. The van der Waals surface area contributed by atoms with E-state index in [1.807, 2.05) is 12.1 Å². The van der Waals surface area contributed by atoms with E-state index < -0.39 is 6.04 Å². The van der Waals surface area contributed by atoms with Gasteiger partial charge in [0.05, 0.1) is 13.5 Å². The van der Waals surface area contributed by atoms with Crippen LogP contribution in [0.1, 0.15) is 24.8 Å². The summed E-state index contributed by atoms with van der Waals surface area (Å²) in [5.74, 6) is -0.361. The van der Waals surface area contributed by atoms with Crippen LogP contribution in [0.5, 0.6) is 0 Å². The molecule has 1 unspecified atom stereocenters. The van der Waals surface area contributed by atoms with E-state index in [4.69, 9.17) is 10.5 Å². The average molecular weight is 276 g/mol. The number of anilines is 1. The lowest BCUT2D eigenvalue weighted by Crippen LogP contribution is -2.49. The maximum Gasteiger partial charge on any atom is 0.328 e. The molecule has 0 aliphatic carbocycles. The Hall–Kier alpha value is -2.04. The van der Waals surface area contributed by atoms with Gasteiger partial charge in [-0.05, 0) is 37.0 Å². The number of hydrogen-bond donors (Lipinski definition) is 1. The summed E-state index contributed by atoms with van der Waals surface area (Å²) < 4.78 is 4.79. The second-order valence-electron chi connectivity index (χ2n) is 5.04. The van der Waals surface area contributed by atoms with Gasteiger partial charge in [0.2, 0.25) is 5.91 Å². The van der Waals surface area contributed by atoms with Gasteiger partial charge in [0.25, 0.3) is 0 Å². The maximum atomic E-state index is 12.4. The summed E-state index contributed by atoms with van der Waals surface area (Å²) in [6, 6.07) is 6.79. The van der Waals surface area contributed by atoms with Crippen molar-refractivity contribution in [3.8, 4) is 0 Å². The number of methoxy groups -OCH3 is 1. The Morgan fingerprint density at radius 2 is 2.00 bits per heavy atom. The van der Waals surface area contributed by atoms with Gasteiger partial charge in [0.15, 0.2) is 0 Å². The number of rotatable bonds is 3. The summed E-state index contributed by atoms with van der Waals surface area (Å²) in [4.78, 5) is 25.8. The van der Waals surface area contributed by atoms with E-state index in [-0.39, 0.29) is 18.3 Å². The van der Waals surface area contributed by atoms with Crippen LogP contribution in [0.2, 0.25) is 0 Å². The third kappa shape index (κ3) is 3.29. The molecule has 1 aromatic carbocycles. The van der Waals surface area contributed by atoms with Crippen LogP contribution in [0.15, 0.2) is 24.3 Å². The van der Waals surface area contributed by atoms with Crippen molar-refractivity contribution in [2.24, 2.45) is 0 Å². The van der Waals surface area contributed by atoms with Crippen LogP contribution >= 0.6 is 0 Å². The first-order valence-electron chi connectivity index (χ1n) is 6.83. The monoisotopic (exact) mass is 276 g/mol. The van der Waals surface area contributed by atoms with Crippen molar-refractivity contribution >= 4 is 17.6 Å². The van der Waals surface area contributed by atoms with E-state index in [0.717, 1.165) is 18.4 Å². The minimum atomic E-state index is -0.435. The zero-order valence-electron chi connectivity index (χ0n) is 11.7. The first-order chi connectivity index (χ1) is 9.61. The van der Waals surface area contributed by atoms with Crippen molar-refractivity contribution in [2.75, 3.05) is 19.4 Å². The van der Waals surface area contributed by atoms with Crippen molar-refractivity contribution < 1.29 is 14.3 Å². The topological polar surface area (TPSA) is 72.6 Å². The van der Waals surface area contributed by atoms with E-state index in [2.05, 4.69) is 0 Å². The number of carbonyl (C=O) groups is 2. The molecule has 1 aliphatic heterocycles. The van der Waals surface area contributed by atoms with Crippen molar-refractivity contribution in [3.63, 3.8) is 0 Å². The van der Waals surface area contributed by atoms with Crippen LogP contribution in [0.3, 0.4) is 0 Å². The smallest absolute Gasteiger partial charge is 0.328 e. The molecule has 1 atom stereocenters. The molecule has 0 bridgehead atoms. The second kappa shape index (κ2) is 6.41. The molecular weight excluding hydrogens is 256 g/mol. The summed E-state index contributed by atoms with van der Waals surface area (Å²) in [7, 11) is 1.36. The fourth-order valence-corrected chi connectivity index (χ4v) is 2.52. The lowest BCUT2D eigenvalue weighted by molar-refractivity contribution is -0.154. The number of hydrogen-bond acceptors (Lipinski definition) is 4. The molecule has 1 fully saturated rings. The van der Waals surface area contributed by atoms with Gasteiger partial charge in [-0.25, -0.2) is 4.79 Å². The van der Waals surface area contributed by atoms with Crippen molar-refractivity contribution in [3.05, 3.63) is 29.8 Å². The molecule has 2 N–H and O–H groups in total. The lowest BCUT2D eigenvalue weighted by Gasteiger charge is -2.33. The number of nitrogens with two attached hydrogens (primary N) is 1.